The van der Waals surface area contributed by atoms with Gasteiger partial charge >= 0.3 is 12.0 Å². The molecule has 2 N–H and O–H groups in total. The molecule has 0 unspecified atom stereocenters. The first-order chi connectivity index (χ1) is 12.1. The molecule has 134 valence electrons. The zero-order valence-corrected chi connectivity index (χ0v) is 14.1. The number of hydrogen-bond acceptors (Lipinski definition) is 5. The van der Waals surface area contributed by atoms with Gasteiger partial charge in [0.25, 0.3) is 0 Å². The van der Waals surface area contributed by atoms with Crippen LogP contribution in [0.25, 0.3) is 0 Å². The van der Waals surface area contributed by atoms with Crippen LogP contribution in [0.3, 0.4) is 0 Å². The molecule has 2 amide bonds. The van der Waals surface area contributed by atoms with Gasteiger partial charge in [-0.05, 0) is 31.7 Å². The second-order valence-corrected chi connectivity index (χ2v) is 7.36. The average molecular weight is 345 g/mol. The maximum Gasteiger partial charge on any atom is 0.317 e. The highest BCUT2D eigenvalue weighted by atomic mass is 16.4. The number of carbonyl (C=O) groups is 2. The number of carbonyl (C=O) groups excluding carboxylic acids is 1. The summed E-state index contributed by atoms with van der Waals surface area (Å²) in [5.41, 5.74) is -0.839. The zero-order chi connectivity index (χ0) is 17.4. The number of hydrogen-bond donors (Lipinski definition) is 2. The summed E-state index contributed by atoms with van der Waals surface area (Å²) in [6.45, 7) is 2.04. The summed E-state index contributed by atoms with van der Waals surface area (Å²) in [7, 11) is 0. The molecule has 8 nitrogen and oxygen atoms in total. The molecule has 4 rings (SSSR count). The number of aliphatic carboxylic acids is 1. The molecule has 0 aromatic carbocycles. The van der Waals surface area contributed by atoms with E-state index in [2.05, 4.69) is 15.3 Å². The van der Waals surface area contributed by atoms with Gasteiger partial charge in [0.15, 0.2) is 0 Å². The molecular formula is C17H23N5O3. The Morgan fingerprint density at radius 2 is 2.00 bits per heavy atom. The minimum atomic E-state index is -0.839. The predicted molar refractivity (Wildman–Crippen MR) is 90.2 cm³/mol. The van der Waals surface area contributed by atoms with Crippen molar-refractivity contribution in [2.75, 3.05) is 31.1 Å². The number of nitrogens with one attached hydrogen (secondary N) is 1. The molecule has 2 saturated heterocycles. The smallest absolute Gasteiger partial charge is 0.317 e. The largest absolute Gasteiger partial charge is 0.481 e. The summed E-state index contributed by atoms with van der Waals surface area (Å²) in [5, 5.41) is 13.0. The molecule has 25 heavy (non-hydrogen) atoms. The Labute approximate surface area is 146 Å². The molecule has 3 aliphatic rings. The topological polar surface area (TPSA) is 98.7 Å². The fourth-order valence-electron chi connectivity index (χ4n) is 4.07. The SMILES string of the molecule is O=C(NC1CC1)N1CCC[C@]2(C(=O)O)CN(c3ncccn3)C[C@@H]2C1. The fourth-order valence-corrected chi connectivity index (χ4v) is 4.07. The number of aromatic nitrogens is 2. The quantitative estimate of drug-likeness (QED) is 0.846. The predicted octanol–water partition coefficient (Wildman–Crippen LogP) is 0.952. The molecule has 2 atom stereocenters. The van der Waals surface area contributed by atoms with E-state index in [4.69, 9.17) is 0 Å². The number of anilines is 1. The molecule has 1 aromatic heterocycles. The van der Waals surface area contributed by atoms with E-state index >= 15 is 0 Å². The molecule has 1 aromatic rings. The summed E-state index contributed by atoms with van der Waals surface area (Å²) in [6, 6.07) is 1.99. The van der Waals surface area contributed by atoms with Crippen LogP contribution in [0.1, 0.15) is 25.7 Å². The summed E-state index contributed by atoms with van der Waals surface area (Å²) < 4.78 is 0. The van der Waals surface area contributed by atoms with Crippen LogP contribution in [0.2, 0.25) is 0 Å². The van der Waals surface area contributed by atoms with Gasteiger partial charge in [-0.15, -0.1) is 0 Å². The first-order valence-electron chi connectivity index (χ1n) is 8.89. The number of likely N-dealkylation sites (tertiary alicyclic amines) is 1. The van der Waals surface area contributed by atoms with Crippen LogP contribution in [-0.2, 0) is 4.79 Å². The molecule has 8 heteroatoms. The lowest BCUT2D eigenvalue weighted by Gasteiger charge is -2.29. The van der Waals surface area contributed by atoms with Crippen molar-refractivity contribution in [2.45, 2.75) is 31.7 Å². The van der Waals surface area contributed by atoms with Crippen LogP contribution in [0.5, 0.6) is 0 Å². The van der Waals surface area contributed by atoms with Gasteiger partial charge in [-0.2, -0.15) is 0 Å². The van der Waals surface area contributed by atoms with E-state index in [0.717, 1.165) is 12.8 Å². The first kappa shape index (κ1) is 16.1. The molecule has 0 spiro atoms. The second-order valence-electron chi connectivity index (χ2n) is 7.36. The molecule has 1 saturated carbocycles. The van der Waals surface area contributed by atoms with E-state index in [0.29, 0.717) is 51.0 Å². The molecule has 3 heterocycles. The molecule has 3 fully saturated rings. The van der Waals surface area contributed by atoms with Gasteiger partial charge in [-0.3, -0.25) is 4.79 Å². The van der Waals surface area contributed by atoms with E-state index in [-0.39, 0.29) is 11.9 Å². The second kappa shape index (κ2) is 6.16. The summed E-state index contributed by atoms with van der Waals surface area (Å²) in [6.07, 6.45) is 6.69. The Balaban J connectivity index is 1.55. The van der Waals surface area contributed by atoms with Gasteiger partial charge in [0.2, 0.25) is 5.95 Å². The van der Waals surface area contributed by atoms with Crippen LogP contribution >= 0.6 is 0 Å². The van der Waals surface area contributed by atoms with Crippen molar-refractivity contribution in [3.05, 3.63) is 18.5 Å². The number of nitrogens with zero attached hydrogens (tertiary/aromatic N) is 4. The Morgan fingerprint density at radius 3 is 2.68 bits per heavy atom. The number of rotatable bonds is 3. The molecular weight excluding hydrogens is 322 g/mol. The van der Waals surface area contributed by atoms with Gasteiger partial charge in [-0.25, -0.2) is 14.8 Å². The summed E-state index contributed by atoms with van der Waals surface area (Å²) in [4.78, 5) is 36.9. The van der Waals surface area contributed by atoms with E-state index in [1.807, 2.05) is 4.90 Å². The van der Waals surface area contributed by atoms with E-state index in [9.17, 15) is 14.7 Å². The van der Waals surface area contributed by atoms with E-state index in [1.54, 1.807) is 23.4 Å². The van der Waals surface area contributed by atoms with Gasteiger partial charge in [-0.1, -0.05) is 0 Å². The van der Waals surface area contributed by atoms with E-state index < -0.39 is 11.4 Å². The van der Waals surface area contributed by atoms with Gasteiger partial charge in [0, 0.05) is 50.5 Å². The van der Waals surface area contributed by atoms with Crippen molar-refractivity contribution >= 4 is 17.9 Å². The minimum Gasteiger partial charge on any atom is -0.481 e. The monoisotopic (exact) mass is 345 g/mol. The fraction of sp³-hybridized carbons (Fsp3) is 0.647. The number of fused-ring (bicyclic) bond motifs is 1. The first-order valence-corrected chi connectivity index (χ1v) is 8.89. The van der Waals surface area contributed by atoms with Crippen molar-refractivity contribution in [1.29, 1.82) is 0 Å². The van der Waals surface area contributed by atoms with Gasteiger partial charge in [0.1, 0.15) is 0 Å². The third-order valence-corrected chi connectivity index (χ3v) is 5.64. The highest BCUT2D eigenvalue weighted by molar-refractivity contribution is 5.78. The van der Waals surface area contributed by atoms with Crippen molar-refractivity contribution < 1.29 is 14.7 Å². The highest BCUT2D eigenvalue weighted by Gasteiger charge is 2.54. The van der Waals surface area contributed by atoms with Crippen LogP contribution in [0.4, 0.5) is 10.7 Å². The van der Waals surface area contributed by atoms with E-state index in [1.165, 1.54) is 0 Å². The lowest BCUT2D eigenvalue weighted by atomic mass is 9.75. The maximum atomic E-state index is 12.4. The molecule has 1 aliphatic carbocycles. The Morgan fingerprint density at radius 1 is 1.24 bits per heavy atom. The normalized spacial score (nSPS) is 29.0. The third kappa shape index (κ3) is 3.01. The Bertz CT molecular complexity index is 666. The highest BCUT2D eigenvalue weighted by Crippen LogP contribution is 2.43. The standard InChI is InChI=1S/C17H23N5O3/c23-14(24)17-5-1-8-21(16(25)20-13-3-4-13)9-12(17)10-22(11-17)15-18-6-2-7-19-15/h2,6-7,12-13H,1,3-5,8-11H2,(H,20,25)(H,23,24)/t12-,17-/m0/s1. The summed E-state index contributed by atoms with van der Waals surface area (Å²) in [5.74, 6) is -0.341. The van der Waals surface area contributed by atoms with Crippen molar-refractivity contribution in [2.24, 2.45) is 11.3 Å². The van der Waals surface area contributed by atoms with Crippen LogP contribution in [0.15, 0.2) is 18.5 Å². The molecule has 0 radical (unpaired) electrons. The number of carboxylic acids is 1. The Kier molecular flexibility index (Phi) is 3.97. The number of urea groups is 1. The van der Waals surface area contributed by atoms with Crippen molar-refractivity contribution in [1.82, 2.24) is 20.2 Å². The summed E-state index contributed by atoms with van der Waals surface area (Å²) >= 11 is 0. The van der Waals surface area contributed by atoms with Crippen LogP contribution in [-0.4, -0.2) is 64.2 Å². The maximum absolute atomic E-state index is 12.4. The van der Waals surface area contributed by atoms with Crippen molar-refractivity contribution in [3.63, 3.8) is 0 Å². The van der Waals surface area contributed by atoms with Crippen molar-refractivity contribution in [3.8, 4) is 0 Å². The molecule has 2 aliphatic heterocycles. The number of amides is 2. The third-order valence-electron chi connectivity index (χ3n) is 5.64. The lowest BCUT2D eigenvalue weighted by molar-refractivity contribution is -0.150. The van der Waals surface area contributed by atoms with Gasteiger partial charge in [0.05, 0.1) is 5.41 Å². The molecule has 0 bridgehead atoms. The number of carboxylic acid groups (broad SMARTS) is 1. The van der Waals surface area contributed by atoms with Crippen LogP contribution in [0, 0.1) is 11.3 Å². The minimum absolute atomic E-state index is 0.0573. The average Bonchev–Trinajstić information content (AvgIpc) is 3.38. The van der Waals surface area contributed by atoms with Gasteiger partial charge < -0.3 is 20.2 Å². The van der Waals surface area contributed by atoms with Crippen LogP contribution < -0.4 is 10.2 Å². The Hall–Kier alpha value is -2.38. The lowest BCUT2D eigenvalue weighted by Crippen LogP contribution is -2.46. The zero-order valence-electron chi connectivity index (χ0n) is 14.1.